The Morgan fingerprint density at radius 3 is 2.59 bits per heavy atom. The number of carbonyl (C=O) groups excluding carboxylic acids is 1. The molecule has 32 heavy (non-hydrogen) atoms. The number of hydrogen-bond donors (Lipinski definition) is 1. The summed E-state index contributed by atoms with van der Waals surface area (Å²) in [6.45, 7) is 4.58. The zero-order valence-corrected chi connectivity index (χ0v) is 18.8. The van der Waals surface area contributed by atoms with Crippen molar-refractivity contribution in [3.63, 3.8) is 0 Å². The van der Waals surface area contributed by atoms with Gasteiger partial charge in [0.1, 0.15) is 0 Å². The van der Waals surface area contributed by atoms with Crippen molar-refractivity contribution in [2.45, 2.75) is 26.2 Å². The molecule has 0 spiro atoms. The van der Waals surface area contributed by atoms with Crippen LogP contribution in [0, 0.1) is 0 Å². The van der Waals surface area contributed by atoms with Crippen molar-refractivity contribution >= 4 is 11.6 Å². The van der Waals surface area contributed by atoms with Crippen LogP contribution in [0.15, 0.2) is 53.1 Å². The molecule has 0 aliphatic rings. The Morgan fingerprint density at radius 2 is 1.88 bits per heavy atom. The van der Waals surface area contributed by atoms with E-state index in [1.807, 2.05) is 24.3 Å². The molecule has 3 aromatic rings. The Hall–Kier alpha value is -3.55. The van der Waals surface area contributed by atoms with E-state index in [0.717, 1.165) is 25.1 Å². The van der Waals surface area contributed by atoms with Gasteiger partial charge >= 0.3 is 0 Å². The number of methoxy groups -OCH3 is 2. The number of nitrogens with one attached hydrogen (secondary N) is 1. The highest BCUT2D eigenvalue weighted by Crippen LogP contribution is 2.31. The van der Waals surface area contributed by atoms with Gasteiger partial charge in [0, 0.05) is 43.7 Å². The first kappa shape index (κ1) is 23.1. The predicted molar refractivity (Wildman–Crippen MR) is 123 cm³/mol. The van der Waals surface area contributed by atoms with E-state index in [9.17, 15) is 4.79 Å². The van der Waals surface area contributed by atoms with Gasteiger partial charge in [0.25, 0.3) is 0 Å². The number of benzene rings is 2. The average Bonchev–Trinajstić information content (AvgIpc) is 3.32. The Kier molecular flexibility index (Phi) is 8.48. The van der Waals surface area contributed by atoms with E-state index in [1.54, 1.807) is 26.4 Å². The summed E-state index contributed by atoms with van der Waals surface area (Å²) in [5, 5.41) is 6.97. The maximum absolute atomic E-state index is 12.2. The van der Waals surface area contributed by atoms with Crippen LogP contribution >= 0.6 is 0 Å². The fourth-order valence-electron chi connectivity index (χ4n) is 3.36. The molecule has 0 aliphatic heterocycles. The molecule has 1 aromatic heterocycles. The third-order valence-electron chi connectivity index (χ3n) is 5.11. The molecule has 0 aliphatic carbocycles. The molecule has 0 fully saturated rings. The topological polar surface area (TPSA) is 89.7 Å². The number of amides is 1. The largest absolute Gasteiger partial charge is 0.493 e. The van der Waals surface area contributed by atoms with E-state index >= 15 is 0 Å². The minimum absolute atomic E-state index is 0.0290. The lowest BCUT2D eigenvalue weighted by molar-refractivity contribution is -0.121. The molecule has 2 aromatic carbocycles. The van der Waals surface area contributed by atoms with Gasteiger partial charge in [-0.25, -0.2) is 0 Å². The lowest BCUT2D eigenvalue weighted by Crippen LogP contribution is -2.30. The van der Waals surface area contributed by atoms with Crippen LogP contribution < -0.4 is 19.7 Å². The zero-order chi connectivity index (χ0) is 22.8. The first-order chi connectivity index (χ1) is 15.6. The van der Waals surface area contributed by atoms with Gasteiger partial charge in [-0.2, -0.15) is 4.98 Å². The van der Waals surface area contributed by atoms with Gasteiger partial charge in [-0.05, 0) is 43.7 Å². The molecule has 0 bridgehead atoms. The van der Waals surface area contributed by atoms with Gasteiger partial charge in [0.15, 0.2) is 11.5 Å². The summed E-state index contributed by atoms with van der Waals surface area (Å²) in [6, 6.07) is 15.7. The van der Waals surface area contributed by atoms with Gasteiger partial charge in [0.2, 0.25) is 17.6 Å². The van der Waals surface area contributed by atoms with Crippen molar-refractivity contribution in [2.75, 3.05) is 38.8 Å². The number of rotatable bonds is 12. The number of carbonyl (C=O) groups is 1. The van der Waals surface area contributed by atoms with Gasteiger partial charge < -0.3 is 24.2 Å². The number of anilines is 1. The van der Waals surface area contributed by atoms with E-state index in [2.05, 4.69) is 39.4 Å². The minimum Gasteiger partial charge on any atom is -0.493 e. The third kappa shape index (κ3) is 6.23. The predicted octanol–water partition coefficient (Wildman–Crippen LogP) is 3.72. The first-order valence-electron chi connectivity index (χ1n) is 10.8. The number of aryl methyl sites for hydroxylation is 1. The summed E-state index contributed by atoms with van der Waals surface area (Å²) in [5.74, 6) is 2.05. The highest BCUT2D eigenvalue weighted by Gasteiger charge is 2.13. The van der Waals surface area contributed by atoms with E-state index < -0.39 is 0 Å². The van der Waals surface area contributed by atoms with Crippen LogP contribution in [-0.2, 0) is 11.2 Å². The van der Waals surface area contributed by atoms with Crippen LogP contribution in [0.5, 0.6) is 11.5 Å². The molecule has 3 rings (SSSR count). The maximum Gasteiger partial charge on any atom is 0.227 e. The number of para-hydroxylation sites is 1. The standard InChI is InChI=1S/C24H30N4O4/c1-4-28(19-9-6-5-7-10-19)16-8-15-25-22(29)13-14-23-26-24(27-32-23)18-11-12-20(30-2)21(17-18)31-3/h5-7,9-12,17H,4,8,13-16H2,1-3H3,(H,25,29). The zero-order valence-electron chi connectivity index (χ0n) is 18.8. The van der Waals surface area contributed by atoms with Crippen molar-refractivity contribution < 1.29 is 18.8 Å². The third-order valence-corrected chi connectivity index (χ3v) is 5.11. The molecule has 0 unspecified atom stereocenters. The smallest absolute Gasteiger partial charge is 0.227 e. The highest BCUT2D eigenvalue weighted by atomic mass is 16.5. The fraction of sp³-hybridized carbons (Fsp3) is 0.375. The normalized spacial score (nSPS) is 10.6. The summed E-state index contributed by atoms with van der Waals surface area (Å²) < 4.78 is 15.9. The number of hydrogen-bond acceptors (Lipinski definition) is 7. The molecular formula is C24H30N4O4. The summed E-state index contributed by atoms with van der Waals surface area (Å²) in [5.41, 5.74) is 1.95. The van der Waals surface area contributed by atoms with Crippen LogP contribution in [0.3, 0.4) is 0 Å². The highest BCUT2D eigenvalue weighted by molar-refractivity contribution is 5.76. The number of aromatic nitrogens is 2. The number of nitrogens with zero attached hydrogens (tertiary/aromatic N) is 3. The SMILES string of the molecule is CCN(CCCNC(=O)CCc1nc(-c2ccc(OC)c(OC)c2)no1)c1ccccc1. The lowest BCUT2D eigenvalue weighted by Gasteiger charge is -2.23. The van der Waals surface area contributed by atoms with Crippen molar-refractivity contribution in [2.24, 2.45) is 0 Å². The second kappa shape index (κ2) is 11.7. The van der Waals surface area contributed by atoms with Gasteiger partial charge in [0.05, 0.1) is 14.2 Å². The molecule has 0 saturated heterocycles. The molecule has 170 valence electrons. The second-order valence-electron chi connectivity index (χ2n) is 7.20. The summed E-state index contributed by atoms with van der Waals surface area (Å²) in [7, 11) is 3.15. The molecule has 0 radical (unpaired) electrons. The summed E-state index contributed by atoms with van der Waals surface area (Å²) >= 11 is 0. The Morgan fingerprint density at radius 1 is 1.09 bits per heavy atom. The number of ether oxygens (including phenoxy) is 2. The van der Waals surface area contributed by atoms with Crippen LogP contribution in [-0.4, -0.2) is 49.9 Å². The van der Waals surface area contributed by atoms with Gasteiger partial charge in [-0.3, -0.25) is 4.79 Å². The minimum atomic E-state index is -0.0290. The van der Waals surface area contributed by atoms with Crippen molar-refractivity contribution in [1.29, 1.82) is 0 Å². The molecule has 1 amide bonds. The molecule has 8 heteroatoms. The van der Waals surface area contributed by atoms with Gasteiger partial charge in [-0.1, -0.05) is 23.4 Å². The summed E-state index contributed by atoms with van der Waals surface area (Å²) in [6.07, 6.45) is 1.56. The van der Waals surface area contributed by atoms with Crippen molar-refractivity contribution in [3.05, 3.63) is 54.4 Å². The lowest BCUT2D eigenvalue weighted by atomic mass is 10.2. The monoisotopic (exact) mass is 438 g/mol. The molecule has 1 heterocycles. The quantitative estimate of drug-likeness (QED) is 0.431. The van der Waals surface area contributed by atoms with Crippen LogP contribution in [0.4, 0.5) is 5.69 Å². The molecule has 8 nitrogen and oxygen atoms in total. The molecule has 0 atom stereocenters. The fourth-order valence-corrected chi connectivity index (χ4v) is 3.36. The van der Waals surface area contributed by atoms with Crippen LogP contribution in [0.25, 0.3) is 11.4 Å². The summed E-state index contributed by atoms with van der Waals surface area (Å²) in [4.78, 5) is 18.9. The van der Waals surface area contributed by atoms with Gasteiger partial charge in [-0.15, -0.1) is 0 Å². The van der Waals surface area contributed by atoms with Crippen molar-refractivity contribution in [1.82, 2.24) is 15.5 Å². The Bertz CT molecular complexity index is 991. The van der Waals surface area contributed by atoms with Crippen LogP contribution in [0.2, 0.25) is 0 Å². The van der Waals surface area contributed by atoms with E-state index in [1.165, 1.54) is 5.69 Å². The molecular weight excluding hydrogens is 408 g/mol. The Labute approximate surface area is 188 Å². The average molecular weight is 439 g/mol. The van der Waals surface area contributed by atoms with Crippen LogP contribution in [0.1, 0.15) is 25.7 Å². The first-order valence-corrected chi connectivity index (χ1v) is 10.8. The molecule has 0 saturated carbocycles. The second-order valence-corrected chi connectivity index (χ2v) is 7.20. The van der Waals surface area contributed by atoms with E-state index in [-0.39, 0.29) is 5.91 Å². The van der Waals surface area contributed by atoms with Crippen molar-refractivity contribution in [3.8, 4) is 22.9 Å². The van der Waals surface area contributed by atoms with E-state index in [0.29, 0.717) is 42.6 Å². The maximum atomic E-state index is 12.2. The Balaban J connectivity index is 1.42. The molecule has 1 N–H and O–H groups in total. The van der Waals surface area contributed by atoms with E-state index in [4.69, 9.17) is 14.0 Å².